The standard InChI is InChI=1S/C24H22BrN7/c1-3-6-21-27-22-15(2)20(25)13-26-24(22)32(21)14-16-9-11-17(12-10-16)18-7-4-5-8-19(18)23-28-30-31-29-23/h4-5,7-13H,3,6,14H2,1-2H3,(H,28,29,30,31). The Hall–Kier alpha value is -3.39. The molecule has 0 bridgehead atoms. The first kappa shape index (κ1) is 20.5. The van der Waals surface area contributed by atoms with Crippen molar-refractivity contribution in [2.24, 2.45) is 0 Å². The molecule has 160 valence electrons. The van der Waals surface area contributed by atoms with Gasteiger partial charge in [-0.2, -0.15) is 5.21 Å². The molecule has 5 rings (SSSR count). The highest BCUT2D eigenvalue weighted by atomic mass is 79.9. The average Bonchev–Trinajstić information content (AvgIpc) is 3.47. The van der Waals surface area contributed by atoms with Crippen LogP contribution in [-0.2, 0) is 13.0 Å². The topological polar surface area (TPSA) is 85.2 Å². The van der Waals surface area contributed by atoms with Crippen molar-refractivity contribution in [2.75, 3.05) is 0 Å². The van der Waals surface area contributed by atoms with E-state index in [9.17, 15) is 0 Å². The highest BCUT2D eigenvalue weighted by molar-refractivity contribution is 9.10. The van der Waals surface area contributed by atoms with Crippen LogP contribution in [-0.4, -0.2) is 35.2 Å². The molecule has 0 fully saturated rings. The second-order valence-electron chi connectivity index (χ2n) is 7.75. The van der Waals surface area contributed by atoms with Crippen molar-refractivity contribution < 1.29 is 0 Å². The summed E-state index contributed by atoms with van der Waals surface area (Å²) in [6.45, 7) is 4.99. The summed E-state index contributed by atoms with van der Waals surface area (Å²) in [7, 11) is 0. The van der Waals surface area contributed by atoms with Crippen LogP contribution in [0.1, 0.15) is 30.3 Å². The molecule has 0 unspecified atom stereocenters. The summed E-state index contributed by atoms with van der Waals surface area (Å²) in [4.78, 5) is 9.59. The molecule has 0 aliphatic rings. The number of pyridine rings is 1. The van der Waals surface area contributed by atoms with Gasteiger partial charge in [0.1, 0.15) is 11.3 Å². The van der Waals surface area contributed by atoms with Crippen LogP contribution in [0.2, 0.25) is 0 Å². The Labute approximate surface area is 194 Å². The lowest BCUT2D eigenvalue weighted by molar-refractivity contribution is 0.716. The number of nitrogens with one attached hydrogen (secondary N) is 1. The summed E-state index contributed by atoms with van der Waals surface area (Å²) >= 11 is 3.58. The highest BCUT2D eigenvalue weighted by Gasteiger charge is 2.16. The first-order valence-electron chi connectivity index (χ1n) is 10.6. The van der Waals surface area contributed by atoms with Gasteiger partial charge in [0.25, 0.3) is 0 Å². The lowest BCUT2D eigenvalue weighted by Crippen LogP contribution is -2.06. The normalized spacial score (nSPS) is 11.3. The second-order valence-corrected chi connectivity index (χ2v) is 8.60. The maximum Gasteiger partial charge on any atom is 0.205 e. The van der Waals surface area contributed by atoms with Gasteiger partial charge in [-0.3, -0.25) is 0 Å². The smallest absolute Gasteiger partial charge is 0.205 e. The lowest BCUT2D eigenvalue weighted by atomic mass is 9.98. The maximum absolute atomic E-state index is 4.91. The van der Waals surface area contributed by atoms with E-state index in [1.165, 1.54) is 5.56 Å². The van der Waals surface area contributed by atoms with E-state index in [2.05, 4.69) is 90.3 Å². The molecular formula is C24H22BrN7. The number of aryl methyl sites for hydroxylation is 2. The lowest BCUT2D eigenvalue weighted by Gasteiger charge is -2.11. The second kappa shape index (κ2) is 8.63. The molecule has 0 spiro atoms. The molecule has 8 heteroatoms. The number of aromatic nitrogens is 7. The molecule has 1 N–H and O–H groups in total. The van der Waals surface area contributed by atoms with Gasteiger partial charge in [-0.15, -0.1) is 10.2 Å². The number of halogens is 1. The molecule has 0 aliphatic heterocycles. The van der Waals surface area contributed by atoms with Crippen LogP contribution >= 0.6 is 15.9 Å². The van der Waals surface area contributed by atoms with Crippen LogP contribution in [0.25, 0.3) is 33.7 Å². The molecule has 0 radical (unpaired) electrons. The predicted octanol–water partition coefficient (Wildman–Crippen LogP) is 5.35. The van der Waals surface area contributed by atoms with Gasteiger partial charge in [-0.05, 0) is 56.7 Å². The van der Waals surface area contributed by atoms with E-state index in [-0.39, 0.29) is 0 Å². The number of fused-ring (bicyclic) bond motifs is 1. The Kier molecular flexibility index (Phi) is 5.53. The van der Waals surface area contributed by atoms with E-state index in [1.54, 1.807) is 0 Å². The number of hydrogen-bond acceptors (Lipinski definition) is 5. The van der Waals surface area contributed by atoms with Gasteiger partial charge in [0.15, 0.2) is 5.65 Å². The zero-order valence-corrected chi connectivity index (χ0v) is 19.5. The predicted molar refractivity (Wildman–Crippen MR) is 128 cm³/mol. The number of H-pyrrole nitrogens is 1. The fraction of sp³-hybridized carbons (Fsp3) is 0.208. The molecular weight excluding hydrogens is 466 g/mol. The van der Waals surface area contributed by atoms with E-state index >= 15 is 0 Å². The van der Waals surface area contributed by atoms with E-state index in [4.69, 9.17) is 4.98 Å². The maximum atomic E-state index is 4.91. The molecule has 2 aromatic carbocycles. The minimum absolute atomic E-state index is 0.589. The summed E-state index contributed by atoms with van der Waals surface area (Å²) < 4.78 is 3.22. The Morgan fingerprint density at radius 3 is 2.53 bits per heavy atom. The van der Waals surface area contributed by atoms with Crippen molar-refractivity contribution >= 4 is 27.1 Å². The van der Waals surface area contributed by atoms with Gasteiger partial charge in [-0.1, -0.05) is 55.5 Å². The fourth-order valence-corrected chi connectivity index (χ4v) is 4.25. The Balaban J connectivity index is 1.50. The van der Waals surface area contributed by atoms with E-state index in [0.29, 0.717) is 5.82 Å². The Morgan fingerprint density at radius 1 is 1.03 bits per heavy atom. The summed E-state index contributed by atoms with van der Waals surface area (Å²) in [6.07, 6.45) is 3.82. The minimum Gasteiger partial charge on any atom is -0.308 e. The first-order chi connectivity index (χ1) is 15.7. The van der Waals surface area contributed by atoms with Crippen LogP contribution in [0.15, 0.2) is 59.2 Å². The summed E-state index contributed by atoms with van der Waals surface area (Å²) in [6, 6.07) is 16.7. The largest absolute Gasteiger partial charge is 0.308 e. The molecule has 0 saturated carbocycles. The van der Waals surface area contributed by atoms with Crippen molar-refractivity contribution in [1.29, 1.82) is 0 Å². The Morgan fingerprint density at radius 2 is 1.81 bits per heavy atom. The zero-order valence-electron chi connectivity index (χ0n) is 17.9. The molecule has 0 atom stereocenters. The van der Waals surface area contributed by atoms with E-state index < -0.39 is 0 Å². The number of nitrogens with zero attached hydrogens (tertiary/aromatic N) is 6. The van der Waals surface area contributed by atoms with E-state index in [1.807, 2.05) is 24.4 Å². The van der Waals surface area contributed by atoms with Crippen molar-refractivity contribution in [2.45, 2.75) is 33.2 Å². The van der Waals surface area contributed by atoms with Gasteiger partial charge >= 0.3 is 0 Å². The molecule has 0 saturated heterocycles. The van der Waals surface area contributed by atoms with Gasteiger partial charge in [0, 0.05) is 22.7 Å². The number of aromatic amines is 1. The monoisotopic (exact) mass is 487 g/mol. The van der Waals surface area contributed by atoms with Gasteiger partial charge in [-0.25, -0.2) is 9.97 Å². The summed E-state index contributed by atoms with van der Waals surface area (Å²) in [5.74, 6) is 1.66. The third-order valence-corrected chi connectivity index (χ3v) is 6.43. The number of hydrogen-bond donors (Lipinski definition) is 1. The number of tetrazole rings is 1. The van der Waals surface area contributed by atoms with Crippen LogP contribution in [0.5, 0.6) is 0 Å². The number of rotatable bonds is 6. The quantitative estimate of drug-likeness (QED) is 0.348. The summed E-state index contributed by atoms with van der Waals surface area (Å²) in [5, 5.41) is 14.5. The van der Waals surface area contributed by atoms with Crippen molar-refractivity contribution in [3.05, 3.63) is 76.2 Å². The molecule has 3 heterocycles. The highest BCUT2D eigenvalue weighted by Crippen LogP contribution is 2.30. The molecule has 5 aromatic rings. The zero-order chi connectivity index (χ0) is 22.1. The number of benzene rings is 2. The summed E-state index contributed by atoms with van der Waals surface area (Å²) in [5.41, 5.74) is 7.35. The van der Waals surface area contributed by atoms with Gasteiger partial charge in [0.05, 0.1) is 6.54 Å². The third kappa shape index (κ3) is 3.71. The van der Waals surface area contributed by atoms with Crippen LogP contribution in [0, 0.1) is 6.92 Å². The van der Waals surface area contributed by atoms with Crippen molar-refractivity contribution in [3.8, 4) is 22.5 Å². The molecule has 0 aliphatic carbocycles. The SMILES string of the molecule is CCCc1nc2c(C)c(Br)cnc2n1Cc1ccc(-c2ccccc2-c2nn[nH]n2)cc1. The Bertz CT molecular complexity index is 1370. The minimum atomic E-state index is 0.589. The van der Waals surface area contributed by atoms with Gasteiger partial charge in [0.2, 0.25) is 5.82 Å². The van der Waals surface area contributed by atoms with Crippen LogP contribution < -0.4 is 0 Å². The molecule has 3 aromatic heterocycles. The van der Waals surface area contributed by atoms with Gasteiger partial charge < -0.3 is 4.57 Å². The van der Waals surface area contributed by atoms with Crippen LogP contribution in [0.3, 0.4) is 0 Å². The average molecular weight is 488 g/mol. The van der Waals surface area contributed by atoms with Crippen molar-refractivity contribution in [1.82, 2.24) is 35.2 Å². The molecule has 32 heavy (non-hydrogen) atoms. The van der Waals surface area contributed by atoms with E-state index in [0.717, 1.165) is 63.1 Å². The number of imidazole rings is 1. The third-order valence-electron chi connectivity index (χ3n) is 5.63. The molecule has 7 nitrogen and oxygen atoms in total. The van der Waals surface area contributed by atoms with Crippen molar-refractivity contribution in [3.63, 3.8) is 0 Å². The molecule has 0 amide bonds. The van der Waals surface area contributed by atoms with Crippen LogP contribution in [0.4, 0.5) is 0 Å². The fourth-order valence-electron chi connectivity index (χ4n) is 3.96. The first-order valence-corrected chi connectivity index (χ1v) is 11.4.